The number of rotatable bonds is 6. The third-order valence-electron chi connectivity index (χ3n) is 3.39. The van der Waals surface area contributed by atoms with Gasteiger partial charge in [-0.3, -0.25) is 9.13 Å². The van der Waals surface area contributed by atoms with Gasteiger partial charge in [-0.15, -0.1) is 11.3 Å². The van der Waals surface area contributed by atoms with Crippen LogP contribution >= 0.6 is 11.3 Å². The number of thiazole rings is 1. The summed E-state index contributed by atoms with van der Waals surface area (Å²) in [6, 6.07) is -1.01. The molecule has 8 heteroatoms. The average molecular weight is 325 g/mol. The molecule has 0 fully saturated rings. The molecule has 0 aliphatic carbocycles. The van der Waals surface area contributed by atoms with Crippen LogP contribution < -0.4 is 5.69 Å². The van der Waals surface area contributed by atoms with Gasteiger partial charge in [0.25, 0.3) is 0 Å². The van der Waals surface area contributed by atoms with Gasteiger partial charge in [0.2, 0.25) is 5.88 Å². The monoisotopic (exact) mass is 325 g/mol. The van der Waals surface area contributed by atoms with Crippen LogP contribution in [0.2, 0.25) is 0 Å². The lowest BCUT2D eigenvalue weighted by molar-refractivity contribution is -0.142. The highest BCUT2D eigenvalue weighted by atomic mass is 32.1. The Balaban J connectivity index is 2.38. The minimum atomic E-state index is -1.10. The zero-order valence-corrected chi connectivity index (χ0v) is 13.5. The van der Waals surface area contributed by atoms with Crippen molar-refractivity contribution < 1.29 is 15.0 Å². The van der Waals surface area contributed by atoms with Crippen molar-refractivity contribution in [1.29, 1.82) is 0 Å². The van der Waals surface area contributed by atoms with E-state index in [0.29, 0.717) is 5.69 Å². The quantitative estimate of drug-likeness (QED) is 0.842. The van der Waals surface area contributed by atoms with E-state index < -0.39 is 17.7 Å². The van der Waals surface area contributed by atoms with Gasteiger partial charge < -0.3 is 10.2 Å². The van der Waals surface area contributed by atoms with Crippen molar-refractivity contribution >= 4 is 17.3 Å². The van der Waals surface area contributed by atoms with Crippen LogP contribution in [0, 0.1) is 5.92 Å². The number of hydrogen-bond acceptors (Lipinski definition) is 5. The molecule has 0 bridgehead atoms. The van der Waals surface area contributed by atoms with E-state index in [0.717, 1.165) is 20.6 Å². The highest BCUT2D eigenvalue weighted by Crippen LogP contribution is 2.20. The second kappa shape index (κ2) is 6.35. The number of carbonyl (C=O) groups is 1. The summed E-state index contributed by atoms with van der Waals surface area (Å²) in [5.41, 5.74) is 0.123. The van der Waals surface area contributed by atoms with Crippen molar-refractivity contribution in [2.24, 2.45) is 5.92 Å². The van der Waals surface area contributed by atoms with Gasteiger partial charge in [0, 0.05) is 5.38 Å². The summed E-state index contributed by atoms with van der Waals surface area (Å²) in [5, 5.41) is 22.0. The van der Waals surface area contributed by atoms with Crippen molar-refractivity contribution in [3.63, 3.8) is 0 Å². The first-order valence-corrected chi connectivity index (χ1v) is 7.89. The predicted molar refractivity (Wildman–Crippen MR) is 82.5 cm³/mol. The van der Waals surface area contributed by atoms with Crippen LogP contribution in [0.15, 0.2) is 16.4 Å². The van der Waals surface area contributed by atoms with E-state index in [4.69, 9.17) is 0 Å². The van der Waals surface area contributed by atoms with E-state index >= 15 is 0 Å². The summed E-state index contributed by atoms with van der Waals surface area (Å²) in [5.74, 6) is -1.64. The summed E-state index contributed by atoms with van der Waals surface area (Å²) in [6.45, 7) is 5.54. The summed E-state index contributed by atoms with van der Waals surface area (Å²) in [7, 11) is 0. The fourth-order valence-corrected chi connectivity index (χ4v) is 3.04. The van der Waals surface area contributed by atoms with Gasteiger partial charge in [0.15, 0.2) is 0 Å². The Kier molecular flexibility index (Phi) is 4.70. The molecule has 2 aromatic heterocycles. The second-order valence-corrected chi connectivity index (χ2v) is 6.32. The molecule has 0 saturated heterocycles. The van der Waals surface area contributed by atoms with Crippen LogP contribution in [0.3, 0.4) is 0 Å². The summed E-state index contributed by atoms with van der Waals surface area (Å²) in [4.78, 5) is 28.1. The van der Waals surface area contributed by atoms with Gasteiger partial charge in [-0.1, -0.05) is 20.8 Å². The van der Waals surface area contributed by atoms with E-state index in [2.05, 4.69) is 4.98 Å². The standard InChI is InChI=1S/C14H19N3O4S/c1-4-10-15-9(7-22-10)5-16-11(18)6-17(14(16)21)12(8(2)3)13(19)20/h6-8,12,18H,4-5H2,1-3H3,(H,19,20)/t12-/m0/s1. The Hall–Kier alpha value is -2.09. The number of imidazole rings is 1. The maximum absolute atomic E-state index is 12.4. The largest absolute Gasteiger partial charge is 0.493 e. The fourth-order valence-electron chi connectivity index (χ4n) is 2.31. The van der Waals surface area contributed by atoms with Crippen LogP contribution in [0.1, 0.15) is 37.5 Å². The number of aromatic nitrogens is 3. The minimum Gasteiger partial charge on any atom is -0.493 e. The van der Waals surface area contributed by atoms with Gasteiger partial charge in [0.05, 0.1) is 23.4 Å². The van der Waals surface area contributed by atoms with Gasteiger partial charge in [-0.2, -0.15) is 0 Å². The fraction of sp³-hybridized carbons (Fsp3) is 0.500. The second-order valence-electron chi connectivity index (χ2n) is 5.38. The topological polar surface area (TPSA) is 97.3 Å². The lowest BCUT2D eigenvalue weighted by Gasteiger charge is -2.16. The third kappa shape index (κ3) is 3.06. The molecule has 2 aromatic rings. The molecular formula is C14H19N3O4S. The SMILES string of the molecule is CCc1nc(Cn2c(O)cn([C@H](C(=O)O)C(C)C)c2=O)cs1. The van der Waals surface area contributed by atoms with E-state index in [1.54, 1.807) is 13.8 Å². The molecule has 0 radical (unpaired) electrons. The van der Waals surface area contributed by atoms with Crippen LogP contribution in [-0.2, 0) is 17.8 Å². The number of hydrogen-bond donors (Lipinski definition) is 2. The zero-order chi connectivity index (χ0) is 16.4. The summed E-state index contributed by atoms with van der Waals surface area (Å²) >= 11 is 1.49. The Morgan fingerprint density at radius 3 is 2.64 bits per heavy atom. The zero-order valence-electron chi connectivity index (χ0n) is 12.7. The number of carboxylic acids is 1. The first kappa shape index (κ1) is 16.3. The average Bonchev–Trinajstić information content (AvgIpc) is 2.99. The molecule has 0 saturated carbocycles. The van der Waals surface area contributed by atoms with Crippen LogP contribution in [0.25, 0.3) is 0 Å². The Morgan fingerprint density at radius 1 is 1.45 bits per heavy atom. The van der Waals surface area contributed by atoms with Gasteiger partial charge in [0.1, 0.15) is 6.04 Å². The predicted octanol–water partition coefficient (Wildman–Crippen LogP) is 1.70. The van der Waals surface area contributed by atoms with Crippen molar-refractivity contribution in [2.75, 3.05) is 0 Å². The van der Waals surface area contributed by atoms with E-state index in [1.807, 2.05) is 12.3 Å². The van der Waals surface area contributed by atoms with Gasteiger partial charge in [-0.05, 0) is 12.3 Å². The molecule has 2 N–H and O–H groups in total. The number of aromatic hydroxyl groups is 1. The van der Waals surface area contributed by atoms with Crippen LogP contribution in [0.4, 0.5) is 0 Å². The molecule has 2 heterocycles. The van der Waals surface area contributed by atoms with Crippen LogP contribution in [-0.4, -0.2) is 30.3 Å². The van der Waals surface area contributed by atoms with Crippen LogP contribution in [0.5, 0.6) is 5.88 Å². The molecular weight excluding hydrogens is 306 g/mol. The lowest BCUT2D eigenvalue weighted by Crippen LogP contribution is -2.34. The molecule has 2 rings (SSSR count). The summed E-state index contributed by atoms with van der Waals surface area (Å²) < 4.78 is 2.20. The van der Waals surface area contributed by atoms with Crippen molar-refractivity contribution in [2.45, 2.75) is 39.8 Å². The van der Waals surface area contributed by atoms with Crippen molar-refractivity contribution in [3.05, 3.63) is 32.8 Å². The molecule has 0 aliphatic rings. The Labute approximate surface area is 131 Å². The Bertz CT molecular complexity index is 729. The molecule has 0 aliphatic heterocycles. The smallest absolute Gasteiger partial charge is 0.332 e. The minimum absolute atomic E-state index is 0.124. The molecule has 7 nitrogen and oxygen atoms in total. The third-order valence-corrected chi connectivity index (χ3v) is 4.43. The molecule has 0 unspecified atom stereocenters. The molecule has 0 aromatic carbocycles. The molecule has 0 amide bonds. The lowest BCUT2D eigenvalue weighted by atomic mass is 10.1. The number of carboxylic acid groups (broad SMARTS) is 1. The first-order valence-electron chi connectivity index (χ1n) is 7.01. The number of aliphatic carboxylic acids is 1. The first-order chi connectivity index (χ1) is 10.3. The molecule has 1 atom stereocenters. The number of aryl methyl sites for hydroxylation is 1. The highest BCUT2D eigenvalue weighted by Gasteiger charge is 2.27. The molecule has 0 spiro atoms. The van der Waals surface area contributed by atoms with Crippen molar-refractivity contribution in [3.8, 4) is 5.88 Å². The van der Waals surface area contributed by atoms with E-state index in [1.165, 1.54) is 17.5 Å². The molecule has 22 heavy (non-hydrogen) atoms. The molecule has 120 valence electrons. The van der Waals surface area contributed by atoms with E-state index in [9.17, 15) is 19.8 Å². The highest BCUT2D eigenvalue weighted by molar-refractivity contribution is 7.09. The maximum Gasteiger partial charge on any atom is 0.332 e. The van der Waals surface area contributed by atoms with Gasteiger partial charge in [-0.25, -0.2) is 14.6 Å². The maximum atomic E-state index is 12.4. The Morgan fingerprint density at radius 2 is 2.14 bits per heavy atom. The van der Waals surface area contributed by atoms with Crippen molar-refractivity contribution in [1.82, 2.24) is 14.1 Å². The number of nitrogens with zero attached hydrogens (tertiary/aromatic N) is 3. The van der Waals surface area contributed by atoms with E-state index in [-0.39, 0.29) is 18.3 Å². The normalized spacial score (nSPS) is 12.7. The van der Waals surface area contributed by atoms with Gasteiger partial charge >= 0.3 is 11.7 Å². The summed E-state index contributed by atoms with van der Waals surface area (Å²) in [6.07, 6.45) is 1.98.